The van der Waals surface area contributed by atoms with Gasteiger partial charge in [-0.25, -0.2) is 0 Å². The molecule has 0 radical (unpaired) electrons. The van der Waals surface area contributed by atoms with Crippen LogP contribution in [-0.2, 0) is 11.3 Å². The lowest BCUT2D eigenvalue weighted by Crippen LogP contribution is -2.39. The maximum Gasteiger partial charge on any atom is 0.261 e. The molecular formula is C25H34N2O5S. The summed E-state index contributed by atoms with van der Waals surface area (Å²) < 4.78 is 22.2. The van der Waals surface area contributed by atoms with Crippen molar-refractivity contribution in [2.75, 3.05) is 33.5 Å². The SMILES string of the molecule is CCOCCOc1ccccc1C(=O)NC(=S)NCc1ccc(OCCC(C)C)c(OC)c1. The molecule has 0 spiro atoms. The zero-order valence-corrected chi connectivity index (χ0v) is 20.6. The second kappa shape index (κ2) is 14.3. The van der Waals surface area contributed by atoms with Gasteiger partial charge in [-0.2, -0.15) is 0 Å². The number of hydrogen-bond acceptors (Lipinski definition) is 6. The molecule has 2 rings (SSSR count). The zero-order valence-electron chi connectivity index (χ0n) is 19.8. The molecule has 8 heteroatoms. The van der Waals surface area contributed by atoms with Crippen molar-refractivity contribution in [3.8, 4) is 17.2 Å². The molecule has 0 fully saturated rings. The summed E-state index contributed by atoms with van der Waals surface area (Å²) in [6, 6.07) is 12.7. The Bertz CT molecular complexity index is 904. The quantitative estimate of drug-likeness (QED) is 0.330. The molecule has 0 aliphatic rings. The molecule has 0 saturated carbocycles. The first-order chi connectivity index (χ1) is 15.9. The van der Waals surface area contributed by atoms with E-state index in [-0.39, 0.29) is 11.0 Å². The topological polar surface area (TPSA) is 78.1 Å². The van der Waals surface area contributed by atoms with E-state index in [1.807, 2.05) is 31.2 Å². The minimum Gasteiger partial charge on any atom is -0.493 e. The molecule has 0 aromatic heterocycles. The number of rotatable bonds is 13. The first-order valence-electron chi connectivity index (χ1n) is 11.1. The molecule has 0 atom stereocenters. The molecule has 0 unspecified atom stereocenters. The van der Waals surface area contributed by atoms with Gasteiger partial charge in [-0.3, -0.25) is 10.1 Å². The number of methoxy groups -OCH3 is 1. The maximum atomic E-state index is 12.7. The molecule has 0 saturated heterocycles. The van der Waals surface area contributed by atoms with Gasteiger partial charge in [0.1, 0.15) is 12.4 Å². The number of amides is 1. The fourth-order valence-corrected chi connectivity index (χ4v) is 3.04. The van der Waals surface area contributed by atoms with Crippen LogP contribution in [0.4, 0.5) is 0 Å². The molecule has 33 heavy (non-hydrogen) atoms. The Labute approximate surface area is 201 Å². The third kappa shape index (κ3) is 9.27. The highest BCUT2D eigenvalue weighted by molar-refractivity contribution is 7.80. The zero-order chi connectivity index (χ0) is 24.1. The van der Waals surface area contributed by atoms with Crippen LogP contribution in [0.15, 0.2) is 42.5 Å². The molecule has 0 bridgehead atoms. The molecule has 180 valence electrons. The molecule has 0 heterocycles. The van der Waals surface area contributed by atoms with Crippen LogP contribution in [0.1, 0.15) is 43.1 Å². The van der Waals surface area contributed by atoms with E-state index in [1.165, 1.54) is 0 Å². The smallest absolute Gasteiger partial charge is 0.261 e. The third-order valence-electron chi connectivity index (χ3n) is 4.68. The first-order valence-corrected chi connectivity index (χ1v) is 11.5. The number of thiocarbonyl (C=S) groups is 1. The summed E-state index contributed by atoms with van der Waals surface area (Å²) in [6.45, 7) is 8.73. The summed E-state index contributed by atoms with van der Waals surface area (Å²) in [6.07, 6.45) is 0.973. The Morgan fingerprint density at radius 1 is 1.00 bits per heavy atom. The van der Waals surface area contributed by atoms with Gasteiger partial charge in [-0.15, -0.1) is 0 Å². The molecule has 2 aromatic rings. The van der Waals surface area contributed by atoms with Crippen molar-refractivity contribution >= 4 is 23.2 Å². The number of hydrogen-bond donors (Lipinski definition) is 2. The van der Waals surface area contributed by atoms with Gasteiger partial charge in [-0.05, 0) is 61.3 Å². The average molecular weight is 475 g/mol. The number of nitrogens with one attached hydrogen (secondary N) is 2. The van der Waals surface area contributed by atoms with E-state index in [9.17, 15) is 4.79 Å². The third-order valence-corrected chi connectivity index (χ3v) is 4.93. The second-order valence-electron chi connectivity index (χ2n) is 7.69. The van der Waals surface area contributed by atoms with E-state index >= 15 is 0 Å². The summed E-state index contributed by atoms with van der Waals surface area (Å²) in [7, 11) is 1.61. The van der Waals surface area contributed by atoms with E-state index in [0.29, 0.717) is 61.7 Å². The second-order valence-corrected chi connectivity index (χ2v) is 8.10. The Morgan fingerprint density at radius 3 is 2.48 bits per heavy atom. The molecule has 0 aliphatic heterocycles. The molecule has 7 nitrogen and oxygen atoms in total. The molecule has 2 aromatic carbocycles. The summed E-state index contributed by atoms with van der Waals surface area (Å²) in [4.78, 5) is 12.7. The molecule has 1 amide bonds. The van der Waals surface area contributed by atoms with Gasteiger partial charge in [0.25, 0.3) is 5.91 Å². The van der Waals surface area contributed by atoms with Gasteiger partial charge in [0.05, 0.1) is 25.9 Å². The number of carbonyl (C=O) groups excluding carboxylic acids is 1. The summed E-state index contributed by atoms with van der Waals surface area (Å²) >= 11 is 5.30. The van der Waals surface area contributed by atoms with Crippen LogP contribution in [-0.4, -0.2) is 44.6 Å². The minimum absolute atomic E-state index is 0.223. The fourth-order valence-electron chi connectivity index (χ4n) is 2.88. The summed E-state index contributed by atoms with van der Waals surface area (Å²) in [5, 5.41) is 5.97. The van der Waals surface area contributed by atoms with Crippen LogP contribution in [0.2, 0.25) is 0 Å². The maximum absolute atomic E-state index is 12.7. The number of benzene rings is 2. The highest BCUT2D eigenvalue weighted by atomic mass is 32.1. The molecule has 2 N–H and O–H groups in total. The summed E-state index contributed by atoms with van der Waals surface area (Å²) in [5.74, 6) is 2.08. The van der Waals surface area contributed by atoms with Crippen LogP contribution >= 0.6 is 12.2 Å². The molecular weight excluding hydrogens is 440 g/mol. The van der Waals surface area contributed by atoms with Gasteiger partial charge in [0, 0.05) is 13.2 Å². The van der Waals surface area contributed by atoms with Crippen LogP contribution in [0.25, 0.3) is 0 Å². The van der Waals surface area contributed by atoms with Crippen molar-refractivity contribution in [1.82, 2.24) is 10.6 Å². The lowest BCUT2D eigenvalue weighted by atomic mass is 10.1. The number of para-hydroxylation sites is 1. The van der Waals surface area contributed by atoms with Crippen molar-refractivity contribution in [3.05, 3.63) is 53.6 Å². The van der Waals surface area contributed by atoms with E-state index in [1.54, 1.807) is 25.3 Å². The van der Waals surface area contributed by atoms with E-state index in [2.05, 4.69) is 24.5 Å². The van der Waals surface area contributed by atoms with E-state index in [0.717, 1.165) is 12.0 Å². The van der Waals surface area contributed by atoms with Crippen LogP contribution in [0, 0.1) is 5.92 Å². The Balaban J connectivity index is 1.89. The van der Waals surface area contributed by atoms with Crippen molar-refractivity contribution in [1.29, 1.82) is 0 Å². The van der Waals surface area contributed by atoms with Crippen LogP contribution in [0.5, 0.6) is 17.2 Å². The average Bonchev–Trinajstić information content (AvgIpc) is 2.81. The van der Waals surface area contributed by atoms with Crippen molar-refractivity contribution < 1.29 is 23.7 Å². The highest BCUT2D eigenvalue weighted by Gasteiger charge is 2.14. The van der Waals surface area contributed by atoms with Gasteiger partial charge < -0.3 is 24.3 Å². The molecule has 0 aliphatic carbocycles. The number of ether oxygens (including phenoxy) is 4. The van der Waals surface area contributed by atoms with Gasteiger partial charge in [0.2, 0.25) is 0 Å². The summed E-state index contributed by atoms with van der Waals surface area (Å²) in [5.41, 5.74) is 1.35. The van der Waals surface area contributed by atoms with Crippen molar-refractivity contribution in [2.24, 2.45) is 5.92 Å². The van der Waals surface area contributed by atoms with Crippen molar-refractivity contribution in [3.63, 3.8) is 0 Å². The lowest BCUT2D eigenvalue weighted by Gasteiger charge is -2.15. The standard InChI is InChI=1S/C25H34N2O5S/c1-5-30-14-15-32-21-9-7-6-8-20(21)24(28)27-25(33)26-17-19-10-11-22(23(16-19)29-4)31-13-12-18(2)3/h6-11,16,18H,5,12-15,17H2,1-4H3,(H2,26,27,28,33). The van der Waals surface area contributed by atoms with Crippen molar-refractivity contribution in [2.45, 2.75) is 33.7 Å². The van der Waals surface area contributed by atoms with Crippen LogP contribution < -0.4 is 24.8 Å². The van der Waals surface area contributed by atoms with Gasteiger partial charge in [-0.1, -0.05) is 32.0 Å². The van der Waals surface area contributed by atoms with Crippen LogP contribution in [0.3, 0.4) is 0 Å². The largest absolute Gasteiger partial charge is 0.493 e. The van der Waals surface area contributed by atoms with E-state index in [4.69, 9.17) is 31.2 Å². The van der Waals surface area contributed by atoms with Gasteiger partial charge in [0.15, 0.2) is 16.6 Å². The Hall–Kier alpha value is -2.84. The Morgan fingerprint density at radius 2 is 1.76 bits per heavy atom. The number of carbonyl (C=O) groups is 1. The minimum atomic E-state index is -0.342. The Kier molecular flexibility index (Phi) is 11.5. The van der Waals surface area contributed by atoms with Gasteiger partial charge >= 0.3 is 0 Å². The normalized spacial score (nSPS) is 10.6. The highest BCUT2D eigenvalue weighted by Crippen LogP contribution is 2.28. The predicted octanol–water partition coefficient (Wildman–Crippen LogP) is 4.34. The lowest BCUT2D eigenvalue weighted by molar-refractivity contribution is 0.0957. The van der Waals surface area contributed by atoms with E-state index < -0.39 is 0 Å². The monoisotopic (exact) mass is 474 g/mol. The predicted molar refractivity (Wildman–Crippen MR) is 133 cm³/mol. The fraction of sp³-hybridized carbons (Fsp3) is 0.440. The first kappa shape index (κ1) is 26.4.